The summed E-state index contributed by atoms with van der Waals surface area (Å²) in [6, 6.07) is 8.06. The molecule has 5 rings (SSSR count). The second kappa shape index (κ2) is 11.4. The Hall–Kier alpha value is -3.46. The molecule has 0 bridgehead atoms. The Morgan fingerprint density at radius 1 is 0.902 bits per heavy atom. The van der Waals surface area contributed by atoms with Gasteiger partial charge in [0.25, 0.3) is 0 Å². The van der Waals surface area contributed by atoms with Gasteiger partial charge in [-0.15, -0.1) is 0 Å². The van der Waals surface area contributed by atoms with Crippen molar-refractivity contribution in [3.8, 4) is 23.0 Å². The number of ether oxygens (including phenoxy) is 4. The second-order valence-electron chi connectivity index (χ2n) is 11.4. The van der Waals surface area contributed by atoms with E-state index in [0.717, 1.165) is 36.2 Å². The monoisotopic (exact) mass is 566 g/mol. The number of carboxylic acid groups (broad SMARTS) is 1. The van der Waals surface area contributed by atoms with Crippen LogP contribution in [0.4, 0.5) is 0 Å². The van der Waals surface area contributed by atoms with Gasteiger partial charge in [-0.25, -0.2) is 0 Å². The topological polar surface area (TPSA) is 97.8 Å². The Labute approximate surface area is 242 Å². The maximum atomic E-state index is 13.5. The molecule has 9 heteroatoms. The Morgan fingerprint density at radius 2 is 1.49 bits per heavy atom. The van der Waals surface area contributed by atoms with E-state index in [0.29, 0.717) is 55.2 Å². The van der Waals surface area contributed by atoms with Crippen LogP contribution in [0, 0.1) is 11.8 Å². The molecule has 1 amide bonds. The fourth-order valence-electron chi connectivity index (χ4n) is 7.88. The van der Waals surface area contributed by atoms with Crippen molar-refractivity contribution in [3.05, 3.63) is 46.5 Å². The minimum atomic E-state index is -0.783. The number of likely N-dealkylation sites (N-methyl/N-ethyl adjacent to an activating group) is 1. The number of aliphatic carboxylic acids is 1. The van der Waals surface area contributed by atoms with Gasteiger partial charge in [0.05, 0.1) is 39.9 Å². The third kappa shape index (κ3) is 4.68. The molecule has 2 aromatic carbocycles. The van der Waals surface area contributed by atoms with Gasteiger partial charge in [-0.05, 0) is 85.2 Å². The van der Waals surface area contributed by atoms with Crippen LogP contribution in [0.25, 0.3) is 0 Å². The van der Waals surface area contributed by atoms with E-state index < -0.39 is 17.4 Å². The number of carboxylic acids is 1. The molecule has 9 nitrogen and oxygen atoms in total. The van der Waals surface area contributed by atoms with E-state index in [2.05, 4.69) is 24.0 Å². The Morgan fingerprint density at radius 3 is 2.07 bits per heavy atom. The molecule has 222 valence electrons. The van der Waals surface area contributed by atoms with Gasteiger partial charge < -0.3 is 29.0 Å². The first-order valence-electron chi connectivity index (χ1n) is 14.5. The van der Waals surface area contributed by atoms with Gasteiger partial charge in [-0.2, -0.15) is 0 Å². The number of nitrogens with zero attached hydrogens (tertiary/aromatic N) is 2. The first-order valence-corrected chi connectivity index (χ1v) is 14.5. The van der Waals surface area contributed by atoms with Crippen LogP contribution >= 0.6 is 0 Å². The van der Waals surface area contributed by atoms with E-state index in [-0.39, 0.29) is 17.9 Å². The first-order chi connectivity index (χ1) is 19.7. The lowest BCUT2D eigenvalue weighted by Crippen LogP contribution is -2.62. The van der Waals surface area contributed by atoms with E-state index in [1.807, 2.05) is 17.0 Å². The maximum absolute atomic E-state index is 13.5. The van der Waals surface area contributed by atoms with E-state index in [1.165, 1.54) is 5.56 Å². The van der Waals surface area contributed by atoms with Crippen molar-refractivity contribution in [1.29, 1.82) is 0 Å². The minimum Gasteiger partial charge on any atom is -0.493 e. The molecule has 3 aliphatic rings. The van der Waals surface area contributed by atoms with Crippen molar-refractivity contribution in [2.24, 2.45) is 11.8 Å². The molecule has 0 saturated heterocycles. The molecule has 1 unspecified atom stereocenters. The summed E-state index contributed by atoms with van der Waals surface area (Å²) in [7, 11) is 6.53. The predicted octanol–water partition coefficient (Wildman–Crippen LogP) is 4.44. The summed E-state index contributed by atoms with van der Waals surface area (Å²) in [4.78, 5) is 30.5. The zero-order chi connectivity index (χ0) is 29.5. The van der Waals surface area contributed by atoms with Crippen LogP contribution in [0.3, 0.4) is 0 Å². The second-order valence-corrected chi connectivity index (χ2v) is 11.4. The standard InChI is InChI=1S/C32H42N2O7/c1-7-33-12-9-20-15-26(38-3)28(40-5)17-23(20)30(33)25-14-22(31(36)37)8-11-32(25)24-18-29(41-6)27(39-4)16-21(24)10-13-34(32)19(2)35/h15-18,22,25,30H,7-14H2,1-6H3,(H,36,37)/t22-,25+,30?,32-/m0/s1. The summed E-state index contributed by atoms with van der Waals surface area (Å²) in [5.41, 5.74) is 3.72. The molecular weight excluding hydrogens is 524 g/mol. The molecule has 1 fully saturated rings. The molecule has 1 spiro atoms. The third-order valence-corrected chi connectivity index (χ3v) is 9.73. The number of hydrogen-bond acceptors (Lipinski definition) is 7. The van der Waals surface area contributed by atoms with Gasteiger partial charge in [0, 0.05) is 32.0 Å². The third-order valence-electron chi connectivity index (χ3n) is 9.73. The van der Waals surface area contributed by atoms with Gasteiger partial charge in [0.15, 0.2) is 23.0 Å². The van der Waals surface area contributed by atoms with E-state index in [4.69, 9.17) is 18.9 Å². The largest absolute Gasteiger partial charge is 0.493 e. The first kappa shape index (κ1) is 29.0. The maximum Gasteiger partial charge on any atom is 0.306 e. The van der Waals surface area contributed by atoms with Gasteiger partial charge in [-0.3, -0.25) is 14.5 Å². The zero-order valence-corrected chi connectivity index (χ0v) is 25.0. The summed E-state index contributed by atoms with van der Waals surface area (Å²) in [6.45, 7) is 5.96. The zero-order valence-electron chi connectivity index (χ0n) is 25.0. The molecule has 1 saturated carbocycles. The number of benzene rings is 2. The number of methoxy groups -OCH3 is 4. The molecule has 1 aliphatic carbocycles. The average Bonchev–Trinajstić information content (AvgIpc) is 2.99. The summed E-state index contributed by atoms with van der Waals surface area (Å²) >= 11 is 0. The van der Waals surface area contributed by atoms with Crippen molar-refractivity contribution < 1.29 is 33.6 Å². The highest BCUT2D eigenvalue weighted by molar-refractivity contribution is 5.76. The van der Waals surface area contributed by atoms with Gasteiger partial charge >= 0.3 is 5.97 Å². The number of fused-ring (bicyclic) bond motifs is 3. The lowest BCUT2D eigenvalue weighted by atomic mass is 9.58. The van der Waals surface area contributed by atoms with Crippen LogP contribution in [-0.4, -0.2) is 74.9 Å². The number of carbonyl (C=O) groups is 2. The Balaban J connectivity index is 1.80. The average molecular weight is 567 g/mol. The lowest BCUT2D eigenvalue weighted by molar-refractivity contribution is -0.154. The molecular formula is C32H42N2O7. The van der Waals surface area contributed by atoms with Crippen molar-refractivity contribution in [2.75, 3.05) is 48.1 Å². The van der Waals surface area contributed by atoms with Gasteiger partial charge in [-0.1, -0.05) is 6.92 Å². The highest BCUT2D eigenvalue weighted by Gasteiger charge is 2.57. The summed E-state index contributed by atoms with van der Waals surface area (Å²) in [6.07, 6.45) is 3.02. The summed E-state index contributed by atoms with van der Waals surface area (Å²) < 4.78 is 22.8. The number of rotatable bonds is 7. The number of carbonyl (C=O) groups excluding carboxylic acids is 1. The SMILES string of the molecule is CCN1CCc2cc(OC)c(OC)cc2C1[C@H]1C[C@@H](C(=O)O)CC[C@]12c1cc(OC)c(OC)cc1CCN2C(C)=O. The fourth-order valence-corrected chi connectivity index (χ4v) is 7.88. The van der Waals surface area contributed by atoms with Crippen LogP contribution < -0.4 is 18.9 Å². The summed E-state index contributed by atoms with van der Waals surface area (Å²) in [5.74, 6) is 1.10. The van der Waals surface area contributed by atoms with Crippen molar-refractivity contribution in [2.45, 2.75) is 57.5 Å². The molecule has 1 N–H and O–H groups in total. The molecule has 0 radical (unpaired) electrons. The number of amides is 1. The normalized spacial score (nSPS) is 25.7. The van der Waals surface area contributed by atoms with Crippen LogP contribution in [-0.2, 0) is 28.0 Å². The van der Waals surface area contributed by atoms with Crippen molar-refractivity contribution in [1.82, 2.24) is 9.80 Å². The van der Waals surface area contributed by atoms with Gasteiger partial charge in [0.2, 0.25) is 5.91 Å². The smallest absolute Gasteiger partial charge is 0.306 e. The summed E-state index contributed by atoms with van der Waals surface area (Å²) in [5, 5.41) is 10.3. The molecule has 0 aromatic heterocycles. The van der Waals surface area contributed by atoms with Crippen LogP contribution in [0.1, 0.15) is 61.4 Å². The predicted molar refractivity (Wildman–Crippen MR) is 154 cm³/mol. The van der Waals surface area contributed by atoms with Crippen LogP contribution in [0.15, 0.2) is 24.3 Å². The van der Waals surface area contributed by atoms with Crippen molar-refractivity contribution >= 4 is 11.9 Å². The van der Waals surface area contributed by atoms with Gasteiger partial charge in [0.1, 0.15) is 0 Å². The molecule has 4 atom stereocenters. The quantitative estimate of drug-likeness (QED) is 0.526. The van der Waals surface area contributed by atoms with E-state index in [9.17, 15) is 14.7 Å². The highest BCUT2D eigenvalue weighted by atomic mass is 16.5. The van der Waals surface area contributed by atoms with Crippen LogP contribution in [0.5, 0.6) is 23.0 Å². The van der Waals surface area contributed by atoms with E-state index >= 15 is 0 Å². The lowest BCUT2D eigenvalue weighted by Gasteiger charge is -2.59. The molecule has 2 heterocycles. The minimum absolute atomic E-state index is 0.00407. The Kier molecular flexibility index (Phi) is 8.10. The van der Waals surface area contributed by atoms with Crippen LogP contribution in [0.2, 0.25) is 0 Å². The highest BCUT2D eigenvalue weighted by Crippen LogP contribution is 2.58. The van der Waals surface area contributed by atoms with Crippen molar-refractivity contribution in [3.63, 3.8) is 0 Å². The fraction of sp³-hybridized carbons (Fsp3) is 0.562. The molecule has 2 aromatic rings. The van der Waals surface area contributed by atoms with E-state index in [1.54, 1.807) is 35.4 Å². The Bertz CT molecular complexity index is 1330. The number of hydrogen-bond donors (Lipinski definition) is 1. The molecule has 41 heavy (non-hydrogen) atoms. The molecule has 2 aliphatic heterocycles.